The minimum Gasteiger partial charge on any atom is -0.393 e. The van der Waals surface area contributed by atoms with Crippen LogP contribution >= 0.6 is 0 Å². The Balaban J connectivity index is 1.69. The Kier molecular flexibility index (Phi) is 4.63. The van der Waals surface area contributed by atoms with Gasteiger partial charge in [0.15, 0.2) is 11.6 Å². The number of piperidine rings is 1. The largest absolute Gasteiger partial charge is 0.393 e. The van der Waals surface area contributed by atoms with Crippen LogP contribution in [0.4, 0.5) is 17.3 Å². The summed E-state index contributed by atoms with van der Waals surface area (Å²) in [5, 5.41) is 2.18. The van der Waals surface area contributed by atoms with Crippen LogP contribution in [0, 0.1) is 5.92 Å². The fraction of sp³-hybridized carbons (Fsp3) is 0.733. The molecular formula is C15H27N7. The molecule has 7 nitrogen and oxygen atoms in total. The van der Waals surface area contributed by atoms with Gasteiger partial charge < -0.3 is 21.0 Å². The van der Waals surface area contributed by atoms with Crippen molar-refractivity contribution in [2.45, 2.75) is 19.8 Å². The highest BCUT2D eigenvalue weighted by molar-refractivity contribution is 5.74. The van der Waals surface area contributed by atoms with E-state index in [2.05, 4.69) is 44.2 Å². The quantitative estimate of drug-likeness (QED) is 0.858. The van der Waals surface area contributed by atoms with Crippen LogP contribution in [-0.4, -0.2) is 66.2 Å². The molecule has 1 aromatic heterocycles. The molecule has 0 radical (unpaired) electrons. The van der Waals surface area contributed by atoms with E-state index < -0.39 is 0 Å². The average molecular weight is 305 g/mol. The highest BCUT2D eigenvalue weighted by atomic mass is 15.5. The first kappa shape index (κ1) is 15.3. The summed E-state index contributed by atoms with van der Waals surface area (Å²) in [6, 6.07) is 0. The fourth-order valence-corrected chi connectivity index (χ4v) is 3.02. The molecule has 0 atom stereocenters. The molecule has 3 N–H and O–H groups in total. The molecule has 0 amide bonds. The van der Waals surface area contributed by atoms with Gasteiger partial charge in [-0.3, -0.25) is 0 Å². The van der Waals surface area contributed by atoms with Crippen LogP contribution in [0.25, 0.3) is 0 Å². The van der Waals surface area contributed by atoms with E-state index in [0.29, 0.717) is 5.69 Å². The summed E-state index contributed by atoms with van der Waals surface area (Å²) in [6.07, 6.45) is 4.01. The van der Waals surface area contributed by atoms with Crippen LogP contribution in [0.3, 0.4) is 0 Å². The van der Waals surface area contributed by atoms with Crippen LogP contribution in [0.5, 0.6) is 0 Å². The smallest absolute Gasteiger partial charge is 0.169 e. The van der Waals surface area contributed by atoms with Gasteiger partial charge in [-0.1, -0.05) is 6.92 Å². The molecule has 2 aliphatic heterocycles. The fourth-order valence-electron chi connectivity index (χ4n) is 3.02. The summed E-state index contributed by atoms with van der Waals surface area (Å²) in [4.78, 5) is 13.4. The Bertz CT molecular complexity index is 491. The molecule has 0 saturated carbocycles. The van der Waals surface area contributed by atoms with Crippen molar-refractivity contribution in [3.63, 3.8) is 0 Å². The van der Waals surface area contributed by atoms with Crippen molar-refractivity contribution in [1.29, 1.82) is 0 Å². The Hall–Kier alpha value is -1.60. The van der Waals surface area contributed by atoms with Crippen molar-refractivity contribution in [2.24, 2.45) is 5.92 Å². The van der Waals surface area contributed by atoms with E-state index in [1.54, 1.807) is 6.33 Å². The number of nitrogens with one attached hydrogen (secondary N) is 1. The first-order valence-electron chi connectivity index (χ1n) is 8.19. The second-order valence-corrected chi connectivity index (χ2v) is 6.53. The summed E-state index contributed by atoms with van der Waals surface area (Å²) >= 11 is 0. The monoisotopic (exact) mass is 305 g/mol. The van der Waals surface area contributed by atoms with Crippen LogP contribution in [0.2, 0.25) is 0 Å². The van der Waals surface area contributed by atoms with Gasteiger partial charge >= 0.3 is 0 Å². The highest BCUT2D eigenvalue weighted by Gasteiger charge is 2.21. The summed E-state index contributed by atoms with van der Waals surface area (Å²) < 4.78 is 0. The number of piperazine rings is 1. The average Bonchev–Trinajstić information content (AvgIpc) is 2.53. The molecule has 0 aliphatic carbocycles. The van der Waals surface area contributed by atoms with E-state index in [1.807, 2.05) is 0 Å². The molecule has 0 bridgehead atoms. The lowest BCUT2D eigenvalue weighted by Gasteiger charge is -2.34. The Morgan fingerprint density at radius 2 is 1.77 bits per heavy atom. The number of hydrazine groups is 1. The summed E-state index contributed by atoms with van der Waals surface area (Å²) in [5.74, 6) is 2.40. The molecule has 2 aliphatic rings. The van der Waals surface area contributed by atoms with Gasteiger partial charge in [0.2, 0.25) is 0 Å². The topological polar surface area (TPSA) is 73.6 Å². The van der Waals surface area contributed by atoms with Crippen LogP contribution in [0.1, 0.15) is 19.8 Å². The van der Waals surface area contributed by atoms with Gasteiger partial charge in [0.05, 0.1) is 0 Å². The molecule has 2 saturated heterocycles. The van der Waals surface area contributed by atoms with Crippen molar-refractivity contribution in [2.75, 3.05) is 62.4 Å². The van der Waals surface area contributed by atoms with Gasteiger partial charge in [0.25, 0.3) is 0 Å². The van der Waals surface area contributed by atoms with Crippen LogP contribution in [0.15, 0.2) is 6.33 Å². The van der Waals surface area contributed by atoms with Gasteiger partial charge in [-0.15, -0.1) is 0 Å². The number of nitrogens with two attached hydrogens (primary N) is 1. The molecule has 1 aromatic rings. The second kappa shape index (κ2) is 6.66. The maximum absolute atomic E-state index is 6.33. The Labute approximate surface area is 132 Å². The molecule has 7 heteroatoms. The summed E-state index contributed by atoms with van der Waals surface area (Å²) in [5.41, 5.74) is 10.4. The summed E-state index contributed by atoms with van der Waals surface area (Å²) in [7, 11) is 2.14. The lowest BCUT2D eigenvalue weighted by Crippen LogP contribution is -2.47. The van der Waals surface area contributed by atoms with Gasteiger partial charge in [0.1, 0.15) is 12.0 Å². The van der Waals surface area contributed by atoms with Crippen molar-refractivity contribution >= 4 is 17.3 Å². The van der Waals surface area contributed by atoms with E-state index in [1.165, 1.54) is 12.8 Å². The maximum Gasteiger partial charge on any atom is 0.169 e. The molecule has 3 rings (SSSR count). The number of hydrogen-bond acceptors (Lipinski definition) is 7. The molecule has 2 fully saturated rings. The highest BCUT2D eigenvalue weighted by Crippen LogP contribution is 2.29. The maximum atomic E-state index is 6.33. The minimum absolute atomic E-state index is 0.663. The standard InChI is InChI=1S/C15H27N7/c1-12-3-5-21(6-4-12)15-13(16)14(17-11-18-15)19-22-9-7-20(2)8-10-22/h11-12H,3-10,16H2,1-2H3,(H,17,18,19). The number of nitrogens with zero attached hydrogens (tertiary/aromatic N) is 5. The van der Waals surface area contributed by atoms with E-state index in [-0.39, 0.29) is 0 Å². The van der Waals surface area contributed by atoms with Crippen molar-refractivity contribution in [3.05, 3.63) is 6.33 Å². The molecule has 22 heavy (non-hydrogen) atoms. The first-order valence-corrected chi connectivity index (χ1v) is 8.19. The molecule has 0 spiro atoms. The van der Waals surface area contributed by atoms with Crippen LogP contribution < -0.4 is 16.1 Å². The Morgan fingerprint density at radius 3 is 2.45 bits per heavy atom. The molecule has 0 unspecified atom stereocenters. The van der Waals surface area contributed by atoms with Crippen LogP contribution in [-0.2, 0) is 0 Å². The number of aromatic nitrogens is 2. The Morgan fingerprint density at radius 1 is 1.09 bits per heavy atom. The van der Waals surface area contributed by atoms with Gasteiger partial charge in [-0.05, 0) is 25.8 Å². The predicted octanol–water partition coefficient (Wildman–Crippen LogP) is 0.869. The minimum atomic E-state index is 0.663. The zero-order chi connectivity index (χ0) is 15.5. The number of nitrogen functional groups attached to an aromatic ring is 1. The van der Waals surface area contributed by atoms with Crippen molar-refractivity contribution in [1.82, 2.24) is 19.9 Å². The number of likely N-dealkylation sites (N-methyl/N-ethyl adjacent to an activating group) is 1. The third-order valence-electron chi connectivity index (χ3n) is 4.71. The van der Waals surface area contributed by atoms with Gasteiger partial charge in [-0.2, -0.15) is 0 Å². The SMILES string of the molecule is CC1CCN(c2ncnc(NN3CCN(C)CC3)c2N)CC1. The van der Waals surface area contributed by atoms with E-state index in [4.69, 9.17) is 5.73 Å². The zero-order valence-electron chi connectivity index (χ0n) is 13.6. The third kappa shape index (κ3) is 3.41. The van der Waals surface area contributed by atoms with Gasteiger partial charge in [-0.25, -0.2) is 15.0 Å². The lowest BCUT2D eigenvalue weighted by molar-refractivity contribution is 0.178. The lowest BCUT2D eigenvalue weighted by atomic mass is 9.99. The molecule has 3 heterocycles. The predicted molar refractivity (Wildman–Crippen MR) is 89.7 cm³/mol. The van der Waals surface area contributed by atoms with E-state index in [9.17, 15) is 0 Å². The zero-order valence-corrected chi connectivity index (χ0v) is 13.6. The van der Waals surface area contributed by atoms with E-state index in [0.717, 1.165) is 56.8 Å². The van der Waals surface area contributed by atoms with E-state index >= 15 is 0 Å². The normalized spacial score (nSPS) is 22.0. The number of hydrogen-bond donors (Lipinski definition) is 2. The van der Waals surface area contributed by atoms with Crippen molar-refractivity contribution in [3.8, 4) is 0 Å². The van der Waals surface area contributed by atoms with Crippen molar-refractivity contribution < 1.29 is 0 Å². The third-order valence-corrected chi connectivity index (χ3v) is 4.71. The molecule has 0 aromatic carbocycles. The molecule has 122 valence electrons. The summed E-state index contributed by atoms with van der Waals surface area (Å²) in [6.45, 7) is 8.39. The van der Waals surface area contributed by atoms with Gasteiger partial charge in [0, 0.05) is 39.3 Å². The first-order chi connectivity index (χ1) is 10.6. The second-order valence-electron chi connectivity index (χ2n) is 6.53. The number of anilines is 3. The molecular weight excluding hydrogens is 278 g/mol. The number of rotatable bonds is 3.